The highest BCUT2D eigenvalue weighted by atomic mass is 19.2. The van der Waals surface area contributed by atoms with Crippen LogP contribution < -0.4 is 10.6 Å². The first kappa shape index (κ1) is 11.0. The summed E-state index contributed by atoms with van der Waals surface area (Å²) in [6.07, 6.45) is 0. The lowest BCUT2D eigenvalue weighted by Crippen LogP contribution is -2.16. The van der Waals surface area contributed by atoms with Gasteiger partial charge >= 0.3 is 0 Å². The monoisotopic (exact) mass is 246 g/mol. The van der Waals surface area contributed by atoms with Crippen LogP contribution in [0, 0.1) is 11.6 Å². The van der Waals surface area contributed by atoms with E-state index in [-0.39, 0.29) is 0 Å². The maximum Gasteiger partial charge on any atom is 0.182 e. The van der Waals surface area contributed by atoms with Gasteiger partial charge in [0.2, 0.25) is 0 Å². The van der Waals surface area contributed by atoms with Crippen molar-refractivity contribution in [3.8, 4) is 0 Å². The van der Waals surface area contributed by atoms with E-state index in [2.05, 4.69) is 0 Å². The second kappa shape index (κ2) is 3.98. The number of anilines is 2. The minimum Gasteiger partial charge on any atom is -0.399 e. The number of hydrogen-bond donors (Lipinski definition) is 1. The summed E-state index contributed by atoms with van der Waals surface area (Å²) in [4.78, 5) is 1.81. The molecular formula is C14H12F2N2. The summed E-state index contributed by atoms with van der Waals surface area (Å²) in [6, 6.07) is 9.87. The van der Waals surface area contributed by atoms with Crippen molar-refractivity contribution in [2.45, 2.75) is 13.1 Å². The number of nitrogens with zero attached hydrogens (tertiary/aromatic N) is 1. The Labute approximate surface area is 104 Å². The summed E-state index contributed by atoms with van der Waals surface area (Å²) in [5.74, 6) is -1.61. The van der Waals surface area contributed by atoms with E-state index in [4.69, 9.17) is 5.73 Å². The Morgan fingerprint density at radius 2 is 1.78 bits per heavy atom. The van der Waals surface area contributed by atoms with Gasteiger partial charge in [-0.15, -0.1) is 0 Å². The molecule has 4 heteroatoms. The molecule has 0 aliphatic carbocycles. The Hall–Kier alpha value is -2.10. The highest BCUT2D eigenvalue weighted by Crippen LogP contribution is 2.31. The Kier molecular flexibility index (Phi) is 2.44. The lowest BCUT2D eigenvalue weighted by molar-refractivity contribution is 0.506. The van der Waals surface area contributed by atoms with Crippen molar-refractivity contribution in [2.24, 2.45) is 0 Å². The van der Waals surface area contributed by atoms with E-state index >= 15 is 0 Å². The third kappa shape index (κ3) is 1.70. The molecule has 1 aliphatic rings. The van der Waals surface area contributed by atoms with Crippen LogP contribution in [-0.2, 0) is 13.1 Å². The first-order valence-corrected chi connectivity index (χ1v) is 5.71. The van der Waals surface area contributed by atoms with Crippen molar-refractivity contribution in [1.29, 1.82) is 0 Å². The van der Waals surface area contributed by atoms with Crippen LogP contribution in [0.25, 0.3) is 0 Å². The molecule has 0 radical (unpaired) electrons. The van der Waals surface area contributed by atoms with Gasteiger partial charge in [-0.05, 0) is 35.4 Å². The lowest BCUT2D eigenvalue weighted by atomic mass is 10.1. The molecule has 0 aromatic heterocycles. The zero-order valence-electron chi connectivity index (χ0n) is 9.66. The lowest BCUT2D eigenvalue weighted by Gasteiger charge is -2.18. The van der Waals surface area contributed by atoms with E-state index in [1.54, 1.807) is 6.07 Å². The minimum absolute atomic E-state index is 0.296. The molecule has 0 atom stereocenters. The van der Waals surface area contributed by atoms with Crippen LogP contribution >= 0.6 is 0 Å². The maximum absolute atomic E-state index is 13.7. The SMILES string of the molecule is Nc1ccc2c(c1)CN(c1cccc(F)c1F)C2. The highest BCUT2D eigenvalue weighted by Gasteiger charge is 2.22. The van der Waals surface area contributed by atoms with E-state index in [0.29, 0.717) is 24.5 Å². The van der Waals surface area contributed by atoms with Gasteiger partial charge in [-0.1, -0.05) is 12.1 Å². The molecular weight excluding hydrogens is 234 g/mol. The summed E-state index contributed by atoms with van der Waals surface area (Å²) < 4.78 is 26.9. The van der Waals surface area contributed by atoms with Crippen molar-refractivity contribution in [3.05, 3.63) is 59.2 Å². The molecule has 2 aromatic rings. The zero-order chi connectivity index (χ0) is 12.7. The van der Waals surface area contributed by atoms with Gasteiger partial charge in [-0.3, -0.25) is 0 Å². The molecule has 0 saturated carbocycles. The largest absolute Gasteiger partial charge is 0.399 e. The van der Waals surface area contributed by atoms with E-state index in [9.17, 15) is 8.78 Å². The van der Waals surface area contributed by atoms with Gasteiger partial charge in [-0.2, -0.15) is 0 Å². The predicted molar refractivity (Wildman–Crippen MR) is 67.1 cm³/mol. The van der Waals surface area contributed by atoms with Crippen LogP contribution in [0.15, 0.2) is 36.4 Å². The minimum atomic E-state index is -0.817. The number of benzene rings is 2. The molecule has 0 amide bonds. The maximum atomic E-state index is 13.7. The van der Waals surface area contributed by atoms with Gasteiger partial charge in [0.05, 0.1) is 5.69 Å². The quantitative estimate of drug-likeness (QED) is 0.783. The summed E-state index contributed by atoms with van der Waals surface area (Å²) >= 11 is 0. The zero-order valence-corrected chi connectivity index (χ0v) is 9.66. The summed E-state index contributed by atoms with van der Waals surface area (Å²) in [5.41, 5.74) is 8.88. The molecule has 2 nitrogen and oxygen atoms in total. The van der Waals surface area contributed by atoms with Gasteiger partial charge in [0.25, 0.3) is 0 Å². The van der Waals surface area contributed by atoms with E-state index in [1.165, 1.54) is 6.07 Å². The first-order chi connectivity index (χ1) is 8.65. The van der Waals surface area contributed by atoms with Crippen LogP contribution in [0.4, 0.5) is 20.2 Å². The topological polar surface area (TPSA) is 29.3 Å². The molecule has 3 rings (SSSR count). The number of rotatable bonds is 1. The third-order valence-electron chi connectivity index (χ3n) is 3.22. The summed E-state index contributed by atoms with van der Waals surface area (Å²) in [5, 5.41) is 0. The summed E-state index contributed by atoms with van der Waals surface area (Å²) in [7, 11) is 0. The first-order valence-electron chi connectivity index (χ1n) is 5.71. The molecule has 18 heavy (non-hydrogen) atoms. The van der Waals surface area contributed by atoms with Crippen LogP contribution in [0.2, 0.25) is 0 Å². The molecule has 0 saturated heterocycles. The van der Waals surface area contributed by atoms with E-state index in [0.717, 1.165) is 17.2 Å². The Morgan fingerprint density at radius 3 is 2.61 bits per heavy atom. The molecule has 2 N–H and O–H groups in total. The number of nitrogen functional groups attached to an aromatic ring is 1. The van der Waals surface area contributed by atoms with Crippen molar-refractivity contribution in [2.75, 3.05) is 10.6 Å². The van der Waals surface area contributed by atoms with Crippen LogP contribution in [0.1, 0.15) is 11.1 Å². The fraction of sp³-hybridized carbons (Fsp3) is 0.143. The van der Waals surface area contributed by atoms with Crippen molar-refractivity contribution >= 4 is 11.4 Å². The van der Waals surface area contributed by atoms with Gasteiger partial charge in [0.15, 0.2) is 11.6 Å². The Morgan fingerprint density at radius 1 is 1.00 bits per heavy atom. The molecule has 0 unspecified atom stereocenters. The smallest absolute Gasteiger partial charge is 0.182 e. The fourth-order valence-corrected chi connectivity index (χ4v) is 2.32. The van der Waals surface area contributed by atoms with Crippen LogP contribution in [0.5, 0.6) is 0 Å². The molecule has 1 heterocycles. The number of hydrogen-bond acceptors (Lipinski definition) is 2. The second-order valence-electron chi connectivity index (χ2n) is 4.46. The molecule has 2 aromatic carbocycles. The van der Waals surface area contributed by atoms with Crippen molar-refractivity contribution < 1.29 is 8.78 Å². The number of fused-ring (bicyclic) bond motifs is 1. The summed E-state index contributed by atoms with van der Waals surface area (Å²) in [6.45, 7) is 1.14. The third-order valence-corrected chi connectivity index (χ3v) is 3.22. The van der Waals surface area contributed by atoms with Crippen molar-refractivity contribution in [1.82, 2.24) is 0 Å². The van der Waals surface area contributed by atoms with E-state index < -0.39 is 11.6 Å². The van der Waals surface area contributed by atoms with Gasteiger partial charge in [0, 0.05) is 18.8 Å². The van der Waals surface area contributed by atoms with Gasteiger partial charge < -0.3 is 10.6 Å². The molecule has 92 valence electrons. The average Bonchev–Trinajstić information content (AvgIpc) is 2.75. The van der Waals surface area contributed by atoms with Crippen LogP contribution in [0.3, 0.4) is 0 Å². The van der Waals surface area contributed by atoms with E-state index in [1.807, 2.05) is 23.1 Å². The Bertz CT molecular complexity index is 611. The fourth-order valence-electron chi connectivity index (χ4n) is 2.32. The number of halogens is 2. The number of nitrogens with two attached hydrogens (primary N) is 1. The second-order valence-corrected chi connectivity index (χ2v) is 4.46. The van der Waals surface area contributed by atoms with Crippen molar-refractivity contribution in [3.63, 3.8) is 0 Å². The Balaban J connectivity index is 1.96. The van der Waals surface area contributed by atoms with Gasteiger partial charge in [0.1, 0.15) is 0 Å². The highest BCUT2D eigenvalue weighted by molar-refractivity contribution is 5.55. The van der Waals surface area contributed by atoms with Gasteiger partial charge in [-0.25, -0.2) is 8.78 Å². The standard InChI is InChI=1S/C14H12F2N2/c15-12-2-1-3-13(14(12)16)18-7-9-4-5-11(17)6-10(9)8-18/h1-6H,7-8,17H2. The molecule has 1 aliphatic heterocycles. The molecule has 0 spiro atoms. The molecule has 0 bridgehead atoms. The molecule has 0 fully saturated rings. The van der Waals surface area contributed by atoms with Crippen LogP contribution in [-0.4, -0.2) is 0 Å². The average molecular weight is 246 g/mol. The normalized spacial score (nSPS) is 13.8. The predicted octanol–water partition coefficient (Wildman–Crippen LogP) is 3.07.